The van der Waals surface area contributed by atoms with E-state index in [0.29, 0.717) is 17.9 Å². The fraction of sp³-hybridized carbons (Fsp3) is 0.375. The van der Waals surface area contributed by atoms with Gasteiger partial charge < -0.3 is 19.6 Å². The summed E-state index contributed by atoms with van der Waals surface area (Å²) in [5.74, 6) is -0.894. The van der Waals surface area contributed by atoms with E-state index in [1.54, 1.807) is 53.7 Å². The van der Waals surface area contributed by atoms with Crippen LogP contribution in [0.4, 0.5) is 0 Å². The van der Waals surface area contributed by atoms with Crippen LogP contribution in [0.15, 0.2) is 54.4 Å². The molecule has 2 N–H and O–H groups in total. The molecule has 0 radical (unpaired) electrons. The third-order valence-corrected chi connectivity index (χ3v) is 5.83. The van der Waals surface area contributed by atoms with Gasteiger partial charge in [0, 0.05) is 30.9 Å². The van der Waals surface area contributed by atoms with E-state index in [0.717, 1.165) is 31.6 Å². The maximum Gasteiger partial charge on any atom is 0.295 e. The highest BCUT2D eigenvalue weighted by Gasteiger charge is 2.45. The number of aromatic nitrogens is 1. The van der Waals surface area contributed by atoms with E-state index in [-0.39, 0.29) is 11.3 Å². The van der Waals surface area contributed by atoms with Crippen molar-refractivity contribution < 1.29 is 24.3 Å². The molecule has 3 rings (SSSR count). The first-order chi connectivity index (χ1) is 15.0. The lowest BCUT2D eigenvalue weighted by Gasteiger charge is -2.26. The lowest BCUT2D eigenvalue weighted by molar-refractivity contribution is -0.896. The van der Waals surface area contributed by atoms with Crippen LogP contribution in [-0.2, 0) is 9.59 Å². The summed E-state index contributed by atoms with van der Waals surface area (Å²) >= 11 is 0. The van der Waals surface area contributed by atoms with Crippen molar-refractivity contribution in [3.05, 3.63) is 65.5 Å². The van der Waals surface area contributed by atoms with Gasteiger partial charge in [-0.1, -0.05) is 12.1 Å². The molecule has 1 amide bonds. The lowest BCUT2D eigenvalue weighted by Crippen LogP contribution is -3.11. The van der Waals surface area contributed by atoms with Crippen LogP contribution in [-0.4, -0.2) is 60.0 Å². The minimum absolute atomic E-state index is 0.0969. The van der Waals surface area contributed by atoms with Crippen LogP contribution in [0.2, 0.25) is 0 Å². The molecule has 7 nitrogen and oxygen atoms in total. The first kappa shape index (κ1) is 22.5. The number of ketones is 1. The summed E-state index contributed by atoms with van der Waals surface area (Å²) in [7, 11) is 1.53. The third-order valence-electron chi connectivity index (χ3n) is 5.83. The smallest absolute Gasteiger partial charge is 0.295 e. The Kier molecular flexibility index (Phi) is 7.41. The molecule has 1 aliphatic heterocycles. The van der Waals surface area contributed by atoms with Gasteiger partial charge in [-0.3, -0.25) is 14.6 Å². The molecule has 1 fully saturated rings. The predicted octanol–water partition coefficient (Wildman–Crippen LogP) is 1.83. The molecule has 1 atom stereocenters. The number of amides is 1. The summed E-state index contributed by atoms with van der Waals surface area (Å²) in [6.07, 6.45) is 4.02. The second-order valence-electron chi connectivity index (χ2n) is 7.57. The van der Waals surface area contributed by atoms with Crippen molar-refractivity contribution >= 4 is 17.4 Å². The Morgan fingerprint density at radius 1 is 1.16 bits per heavy atom. The molecule has 1 aromatic carbocycles. The van der Waals surface area contributed by atoms with Crippen LogP contribution < -0.4 is 9.64 Å². The van der Waals surface area contributed by atoms with Crippen LogP contribution in [0.5, 0.6) is 5.75 Å². The molecule has 0 bridgehead atoms. The zero-order valence-electron chi connectivity index (χ0n) is 18.3. The van der Waals surface area contributed by atoms with Gasteiger partial charge in [0.25, 0.3) is 11.7 Å². The molecule has 7 heteroatoms. The van der Waals surface area contributed by atoms with Crippen molar-refractivity contribution in [1.29, 1.82) is 0 Å². The molecule has 31 heavy (non-hydrogen) atoms. The molecule has 1 saturated heterocycles. The Labute approximate surface area is 183 Å². The van der Waals surface area contributed by atoms with Gasteiger partial charge in [-0.2, -0.15) is 0 Å². The second-order valence-corrected chi connectivity index (χ2v) is 7.57. The second kappa shape index (κ2) is 10.2. The highest BCUT2D eigenvalue weighted by atomic mass is 16.5. The van der Waals surface area contributed by atoms with Crippen LogP contribution in [0, 0.1) is 0 Å². The molecule has 0 unspecified atom stereocenters. The molecular weight excluding hydrogens is 394 g/mol. The first-order valence-electron chi connectivity index (χ1n) is 10.7. The van der Waals surface area contributed by atoms with Gasteiger partial charge in [-0.25, -0.2) is 0 Å². The zero-order valence-corrected chi connectivity index (χ0v) is 18.3. The van der Waals surface area contributed by atoms with Crippen molar-refractivity contribution in [2.75, 3.05) is 33.3 Å². The Morgan fingerprint density at radius 3 is 2.52 bits per heavy atom. The normalized spacial score (nSPS) is 18.1. The number of nitrogens with one attached hydrogen (secondary N) is 1. The van der Waals surface area contributed by atoms with Gasteiger partial charge in [0.2, 0.25) is 0 Å². The third kappa shape index (κ3) is 4.77. The molecule has 164 valence electrons. The number of methoxy groups -OCH3 is 1. The SMILES string of the molecule is CC[NH+](CC)CCCN1C(=O)C(=O)C(=C(O)c2cccc(OC)c2)[C@H]1c1ccncc1. The number of quaternary nitrogens is 1. The van der Waals surface area contributed by atoms with Crippen molar-refractivity contribution in [2.24, 2.45) is 0 Å². The molecule has 0 aliphatic carbocycles. The Hall–Kier alpha value is -3.19. The Balaban J connectivity index is 2.01. The molecule has 2 heterocycles. The number of aliphatic hydroxyl groups is 1. The largest absolute Gasteiger partial charge is 0.507 e. The Morgan fingerprint density at radius 2 is 1.87 bits per heavy atom. The van der Waals surface area contributed by atoms with E-state index in [2.05, 4.69) is 18.8 Å². The number of pyridine rings is 1. The number of carbonyl (C=O) groups excluding carboxylic acids is 2. The quantitative estimate of drug-likeness (QED) is 0.365. The van der Waals surface area contributed by atoms with E-state index < -0.39 is 17.7 Å². The molecule has 1 aliphatic rings. The number of ether oxygens (including phenoxy) is 1. The minimum Gasteiger partial charge on any atom is -0.507 e. The number of hydrogen-bond donors (Lipinski definition) is 2. The fourth-order valence-corrected chi connectivity index (χ4v) is 4.03. The van der Waals surface area contributed by atoms with Crippen LogP contribution in [0.25, 0.3) is 5.76 Å². The van der Waals surface area contributed by atoms with E-state index in [9.17, 15) is 14.7 Å². The average molecular weight is 425 g/mol. The summed E-state index contributed by atoms with van der Waals surface area (Å²) in [6, 6.07) is 9.73. The van der Waals surface area contributed by atoms with E-state index in [1.165, 1.54) is 12.0 Å². The zero-order chi connectivity index (χ0) is 22.4. The maximum absolute atomic E-state index is 13.0. The number of Topliss-reactive ketones (excluding diaryl/α,β-unsaturated/α-hetero) is 1. The molecule has 2 aromatic rings. The predicted molar refractivity (Wildman–Crippen MR) is 118 cm³/mol. The van der Waals surface area contributed by atoms with Gasteiger partial charge in [0.1, 0.15) is 11.5 Å². The van der Waals surface area contributed by atoms with Crippen molar-refractivity contribution in [1.82, 2.24) is 9.88 Å². The summed E-state index contributed by atoms with van der Waals surface area (Å²) in [6.45, 7) is 7.65. The molecule has 0 saturated carbocycles. The van der Waals surface area contributed by atoms with E-state index in [1.807, 2.05) is 0 Å². The van der Waals surface area contributed by atoms with E-state index >= 15 is 0 Å². The maximum atomic E-state index is 13.0. The minimum atomic E-state index is -0.669. The lowest BCUT2D eigenvalue weighted by atomic mass is 9.96. The van der Waals surface area contributed by atoms with Crippen LogP contribution in [0.3, 0.4) is 0 Å². The van der Waals surface area contributed by atoms with Gasteiger partial charge in [-0.05, 0) is 43.7 Å². The number of nitrogens with zero attached hydrogens (tertiary/aromatic N) is 2. The van der Waals surface area contributed by atoms with Crippen LogP contribution >= 0.6 is 0 Å². The summed E-state index contributed by atoms with van der Waals surface area (Å²) < 4.78 is 5.24. The standard InChI is InChI=1S/C24H29N3O4/c1-4-26(5-2)14-7-15-27-21(17-10-12-25-13-11-17)20(23(29)24(27)30)22(28)18-8-6-9-19(16-18)31-3/h6,8-13,16,21,28H,4-5,7,14-15H2,1-3H3/p+1/t21-/m1/s1. The highest BCUT2D eigenvalue weighted by molar-refractivity contribution is 6.46. The number of likely N-dealkylation sites (tertiary alicyclic amines) is 1. The number of hydrogen-bond acceptors (Lipinski definition) is 5. The van der Waals surface area contributed by atoms with Gasteiger partial charge in [0.15, 0.2) is 0 Å². The van der Waals surface area contributed by atoms with Crippen molar-refractivity contribution in [3.8, 4) is 5.75 Å². The van der Waals surface area contributed by atoms with Crippen molar-refractivity contribution in [2.45, 2.75) is 26.3 Å². The van der Waals surface area contributed by atoms with Crippen LogP contribution in [0.1, 0.15) is 37.4 Å². The summed E-state index contributed by atoms with van der Waals surface area (Å²) in [4.78, 5) is 33.0. The number of rotatable bonds is 9. The monoisotopic (exact) mass is 424 g/mol. The summed E-state index contributed by atoms with van der Waals surface area (Å²) in [5, 5.41) is 11.1. The molecule has 0 spiro atoms. The fourth-order valence-electron chi connectivity index (χ4n) is 4.03. The van der Waals surface area contributed by atoms with Gasteiger partial charge in [-0.15, -0.1) is 0 Å². The Bertz CT molecular complexity index is 954. The molecule has 1 aromatic heterocycles. The number of benzene rings is 1. The first-order valence-corrected chi connectivity index (χ1v) is 10.7. The van der Waals surface area contributed by atoms with Gasteiger partial charge in [0.05, 0.1) is 38.4 Å². The molecular formula is C24H30N3O4+. The van der Waals surface area contributed by atoms with E-state index in [4.69, 9.17) is 4.74 Å². The number of carbonyl (C=O) groups is 2. The van der Waals surface area contributed by atoms with Crippen molar-refractivity contribution in [3.63, 3.8) is 0 Å². The number of aliphatic hydroxyl groups excluding tert-OH is 1. The summed E-state index contributed by atoms with van der Waals surface area (Å²) in [5.41, 5.74) is 1.28. The highest BCUT2D eigenvalue weighted by Crippen LogP contribution is 2.39. The average Bonchev–Trinajstić information content (AvgIpc) is 3.07. The topological polar surface area (TPSA) is 84.2 Å². The van der Waals surface area contributed by atoms with Gasteiger partial charge >= 0.3 is 0 Å².